The minimum Gasteiger partial charge on any atom is -0.307 e. The number of non-ortho nitro benzene ring substituents is 1. The predicted octanol–water partition coefficient (Wildman–Crippen LogP) is 4.62. The van der Waals surface area contributed by atoms with Crippen molar-refractivity contribution in [2.24, 2.45) is 4.99 Å². The maximum Gasteiger partial charge on any atom is 0.270 e. The summed E-state index contributed by atoms with van der Waals surface area (Å²) in [5.74, 6) is -0.172. The van der Waals surface area contributed by atoms with E-state index in [1.54, 1.807) is 43.0 Å². The Morgan fingerprint density at radius 1 is 1.15 bits per heavy atom. The van der Waals surface area contributed by atoms with E-state index in [1.165, 1.54) is 12.1 Å². The minimum atomic E-state index is -1.05. The number of fused-ring (bicyclic) bond motifs is 1. The highest BCUT2D eigenvalue weighted by Crippen LogP contribution is 2.36. The van der Waals surface area contributed by atoms with Gasteiger partial charge in [0.1, 0.15) is 5.54 Å². The summed E-state index contributed by atoms with van der Waals surface area (Å²) in [4.78, 5) is 30.5. The number of amides is 1. The molecule has 0 radical (unpaired) electrons. The summed E-state index contributed by atoms with van der Waals surface area (Å²) < 4.78 is 0. The number of aliphatic imine (C=N–C) groups is 1. The number of nitro benzene ring substituents is 1. The Labute approximate surface area is 162 Å². The molecule has 0 aromatic heterocycles. The van der Waals surface area contributed by atoms with Gasteiger partial charge >= 0.3 is 0 Å². The molecule has 0 spiro atoms. The molecule has 140 valence electrons. The average Bonchev–Trinajstić information content (AvgIpc) is 2.68. The van der Waals surface area contributed by atoms with Gasteiger partial charge in [-0.25, -0.2) is 0 Å². The lowest BCUT2D eigenvalue weighted by Gasteiger charge is -2.31. The van der Waals surface area contributed by atoms with E-state index in [1.807, 2.05) is 19.9 Å². The number of carbonyl (C=O) groups is 1. The molecule has 2 aromatic rings. The van der Waals surface area contributed by atoms with E-state index in [9.17, 15) is 14.9 Å². The van der Waals surface area contributed by atoms with Crippen molar-refractivity contribution in [3.8, 4) is 0 Å². The summed E-state index contributed by atoms with van der Waals surface area (Å²) >= 11 is 6.39. The summed E-state index contributed by atoms with van der Waals surface area (Å²) in [7, 11) is 0. The number of carbonyl (C=O) groups excluding carboxylic acids is 1. The zero-order valence-corrected chi connectivity index (χ0v) is 16.3. The number of rotatable bonds is 3. The van der Waals surface area contributed by atoms with Gasteiger partial charge in [0, 0.05) is 34.3 Å². The Morgan fingerprint density at radius 3 is 2.41 bits per heavy atom. The third-order valence-electron chi connectivity index (χ3n) is 4.48. The normalized spacial score (nSPS) is 16.0. The van der Waals surface area contributed by atoms with Crippen molar-refractivity contribution in [3.05, 3.63) is 68.7 Å². The molecule has 27 heavy (non-hydrogen) atoms. The lowest BCUT2D eigenvalue weighted by Crippen LogP contribution is -2.47. The summed E-state index contributed by atoms with van der Waals surface area (Å²) in [6.07, 6.45) is 0. The van der Waals surface area contributed by atoms with Crippen molar-refractivity contribution in [2.75, 3.05) is 4.90 Å². The van der Waals surface area contributed by atoms with Crippen molar-refractivity contribution in [3.63, 3.8) is 0 Å². The van der Waals surface area contributed by atoms with Crippen LogP contribution in [0.4, 0.5) is 11.4 Å². The molecule has 3 rings (SSSR count). The SMILES string of the molecule is CC(C)N1C(=O)C(C)(C)N=C(c2ccccc2Cl)c2cc([N+](=O)[O-])ccc21. The van der Waals surface area contributed by atoms with Crippen LogP contribution in [0.2, 0.25) is 5.02 Å². The van der Waals surface area contributed by atoms with Crippen molar-refractivity contribution >= 4 is 34.6 Å². The second-order valence-corrected chi connectivity index (χ2v) is 7.63. The number of hydrogen-bond acceptors (Lipinski definition) is 4. The van der Waals surface area contributed by atoms with E-state index in [0.717, 1.165) is 0 Å². The van der Waals surface area contributed by atoms with Gasteiger partial charge in [-0.3, -0.25) is 19.9 Å². The van der Waals surface area contributed by atoms with E-state index < -0.39 is 10.5 Å². The third-order valence-corrected chi connectivity index (χ3v) is 4.81. The highest BCUT2D eigenvalue weighted by atomic mass is 35.5. The Hall–Kier alpha value is -2.73. The highest BCUT2D eigenvalue weighted by Gasteiger charge is 2.39. The van der Waals surface area contributed by atoms with E-state index in [0.29, 0.717) is 27.5 Å². The maximum atomic E-state index is 13.2. The second kappa shape index (κ2) is 6.78. The minimum absolute atomic E-state index is 0.0654. The molecule has 0 saturated carbocycles. The standard InChI is InChI=1S/C20H20ClN3O3/c1-12(2)23-17-10-9-13(24(26)27)11-15(17)18(22-20(3,4)19(23)25)14-7-5-6-8-16(14)21/h5-12H,1-4H3. The summed E-state index contributed by atoms with van der Waals surface area (Å²) in [6.45, 7) is 7.28. The largest absolute Gasteiger partial charge is 0.307 e. The van der Waals surface area contributed by atoms with Gasteiger partial charge in [-0.05, 0) is 39.8 Å². The van der Waals surface area contributed by atoms with Gasteiger partial charge in [0.05, 0.1) is 16.3 Å². The Morgan fingerprint density at radius 2 is 1.81 bits per heavy atom. The molecule has 2 aromatic carbocycles. The monoisotopic (exact) mass is 385 g/mol. The van der Waals surface area contributed by atoms with Crippen LogP contribution in [0.15, 0.2) is 47.5 Å². The zero-order chi connectivity index (χ0) is 19.9. The fourth-order valence-corrected chi connectivity index (χ4v) is 3.43. The molecule has 0 saturated heterocycles. The van der Waals surface area contributed by atoms with Gasteiger partial charge < -0.3 is 4.90 Å². The molecule has 0 atom stereocenters. The molecule has 1 amide bonds. The van der Waals surface area contributed by atoms with Crippen LogP contribution in [-0.4, -0.2) is 28.1 Å². The topological polar surface area (TPSA) is 75.8 Å². The van der Waals surface area contributed by atoms with E-state index in [4.69, 9.17) is 16.6 Å². The molecule has 0 aliphatic carbocycles. The molecule has 0 unspecified atom stereocenters. The van der Waals surface area contributed by atoms with Crippen LogP contribution in [0.5, 0.6) is 0 Å². The number of halogens is 1. The van der Waals surface area contributed by atoms with Gasteiger partial charge in [-0.15, -0.1) is 0 Å². The molecular formula is C20H20ClN3O3. The number of nitro groups is 1. The number of hydrogen-bond donors (Lipinski definition) is 0. The van der Waals surface area contributed by atoms with Crippen LogP contribution < -0.4 is 4.90 Å². The molecule has 0 bridgehead atoms. The quantitative estimate of drug-likeness (QED) is 0.571. The fraction of sp³-hybridized carbons (Fsp3) is 0.300. The summed E-state index contributed by atoms with van der Waals surface area (Å²) in [6, 6.07) is 11.5. The van der Waals surface area contributed by atoms with Crippen molar-refractivity contribution in [1.82, 2.24) is 0 Å². The highest BCUT2D eigenvalue weighted by molar-refractivity contribution is 6.36. The lowest BCUT2D eigenvalue weighted by molar-refractivity contribution is -0.384. The molecule has 0 N–H and O–H groups in total. The molecule has 0 fully saturated rings. The van der Waals surface area contributed by atoms with Crippen LogP contribution in [0.1, 0.15) is 38.8 Å². The molecule has 1 aliphatic rings. The number of nitrogens with zero attached hydrogens (tertiary/aromatic N) is 3. The molecular weight excluding hydrogens is 366 g/mol. The van der Waals surface area contributed by atoms with Crippen molar-refractivity contribution < 1.29 is 9.72 Å². The first-order chi connectivity index (χ1) is 12.6. The maximum absolute atomic E-state index is 13.2. The van der Waals surface area contributed by atoms with Gasteiger partial charge in [0.25, 0.3) is 11.6 Å². The summed E-state index contributed by atoms with van der Waals surface area (Å²) in [5, 5.41) is 11.8. The van der Waals surface area contributed by atoms with Gasteiger partial charge in [-0.2, -0.15) is 0 Å². The van der Waals surface area contributed by atoms with E-state index in [-0.39, 0.29) is 17.6 Å². The van der Waals surface area contributed by atoms with Crippen LogP contribution in [-0.2, 0) is 4.79 Å². The third kappa shape index (κ3) is 3.32. The Bertz CT molecular complexity index is 967. The molecule has 7 heteroatoms. The predicted molar refractivity (Wildman–Crippen MR) is 107 cm³/mol. The average molecular weight is 386 g/mol. The van der Waals surface area contributed by atoms with Crippen LogP contribution in [0.25, 0.3) is 0 Å². The van der Waals surface area contributed by atoms with Gasteiger partial charge in [0.2, 0.25) is 0 Å². The van der Waals surface area contributed by atoms with E-state index >= 15 is 0 Å². The first kappa shape index (κ1) is 19.0. The smallest absolute Gasteiger partial charge is 0.270 e. The first-order valence-corrected chi connectivity index (χ1v) is 8.98. The van der Waals surface area contributed by atoms with E-state index in [2.05, 4.69) is 0 Å². The Balaban J connectivity index is 2.40. The van der Waals surface area contributed by atoms with Crippen molar-refractivity contribution in [1.29, 1.82) is 0 Å². The van der Waals surface area contributed by atoms with Gasteiger partial charge in [0.15, 0.2) is 0 Å². The number of benzene rings is 2. The molecule has 1 aliphatic heterocycles. The van der Waals surface area contributed by atoms with Crippen molar-refractivity contribution in [2.45, 2.75) is 39.3 Å². The number of benzodiazepines with no additional fused rings is 1. The van der Waals surface area contributed by atoms with Crippen LogP contribution >= 0.6 is 11.6 Å². The van der Waals surface area contributed by atoms with Crippen LogP contribution in [0.3, 0.4) is 0 Å². The van der Waals surface area contributed by atoms with Gasteiger partial charge in [-0.1, -0.05) is 29.8 Å². The molecule has 6 nitrogen and oxygen atoms in total. The fourth-order valence-electron chi connectivity index (χ4n) is 3.20. The summed E-state index contributed by atoms with van der Waals surface area (Å²) in [5.41, 5.74) is 1.10. The van der Waals surface area contributed by atoms with Crippen LogP contribution in [0, 0.1) is 10.1 Å². The molecule has 1 heterocycles. The second-order valence-electron chi connectivity index (χ2n) is 7.23. The first-order valence-electron chi connectivity index (χ1n) is 8.60. The number of anilines is 1. The zero-order valence-electron chi connectivity index (χ0n) is 15.6. The lowest BCUT2D eigenvalue weighted by atomic mass is 9.99. The Kier molecular flexibility index (Phi) is 4.78.